The van der Waals surface area contributed by atoms with Crippen LogP contribution in [0.1, 0.15) is 17.0 Å². The molecule has 0 bridgehead atoms. The van der Waals surface area contributed by atoms with Gasteiger partial charge in [-0.3, -0.25) is 0 Å². The van der Waals surface area contributed by atoms with Gasteiger partial charge >= 0.3 is 0 Å². The maximum Gasteiger partial charge on any atom is 0.125 e. The number of fused-ring (bicyclic) bond motifs is 1. The minimum Gasteiger partial charge on any atom is -0.322 e. The maximum absolute atomic E-state index is 6.05. The van der Waals surface area contributed by atoms with Crippen molar-refractivity contribution in [2.24, 2.45) is 0 Å². The normalized spacial score (nSPS) is 11.2. The fourth-order valence-corrected chi connectivity index (χ4v) is 3.04. The minimum atomic E-state index is 0.418. The predicted octanol–water partition coefficient (Wildman–Crippen LogP) is 4.89. The van der Waals surface area contributed by atoms with Crippen molar-refractivity contribution in [2.75, 3.05) is 0 Å². The smallest absolute Gasteiger partial charge is 0.125 e. The zero-order chi connectivity index (χ0) is 14.1. The van der Waals surface area contributed by atoms with Crippen molar-refractivity contribution < 1.29 is 0 Å². The second-order valence-corrected chi connectivity index (χ2v) is 6.05. The van der Waals surface area contributed by atoms with Gasteiger partial charge in [0.25, 0.3) is 0 Å². The van der Waals surface area contributed by atoms with Crippen molar-refractivity contribution >= 4 is 38.6 Å². The molecule has 4 heteroatoms. The van der Waals surface area contributed by atoms with Gasteiger partial charge < -0.3 is 4.57 Å². The van der Waals surface area contributed by atoms with Crippen molar-refractivity contribution in [3.8, 4) is 0 Å². The standard InChI is InChI=1S/C16H14BrClN2/c1-11-5-6-15-14(7-11)19-16(9-18)20(15)10-12-3-2-4-13(17)8-12/h2-8H,9-10H2,1H3. The molecule has 0 unspecified atom stereocenters. The molecule has 0 N–H and O–H groups in total. The topological polar surface area (TPSA) is 17.8 Å². The van der Waals surface area contributed by atoms with E-state index in [0.717, 1.165) is 27.9 Å². The first-order valence-corrected chi connectivity index (χ1v) is 7.76. The molecule has 0 saturated heterocycles. The van der Waals surface area contributed by atoms with E-state index in [4.69, 9.17) is 11.6 Å². The van der Waals surface area contributed by atoms with E-state index in [9.17, 15) is 0 Å². The fraction of sp³-hybridized carbons (Fsp3) is 0.188. The Balaban J connectivity index is 2.10. The van der Waals surface area contributed by atoms with E-state index in [-0.39, 0.29) is 0 Å². The first kappa shape index (κ1) is 13.7. The summed E-state index contributed by atoms with van der Waals surface area (Å²) in [6, 6.07) is 14.6. The third-order valence-corrected chi connectivity index (χ3v) is 4.06. The number of nitrogens with zero attached hydrogens (tertiary/aromatic N) is 2. The van der Waals surface area contributed by atoms with Crippen molar-refractivity contribution in [3.05, 3.63) is 63.9 Å². The average molecular weight is 350 g/mol. The van der Waals surface area contributed by atoms with E-state index in [2.05, 4.69) is 62.7 Å². The number of halogens is 2. The van der Waals surface area contributed by atoms with Crippen molar-refractivity contribution in [1.82, 2.24) is 9.55 Å². The molecule has 0 saturated carbocycles. The van der Waals surface area contributed by atoms with E-state index in [1.165, 1.54) is 11.1 Å². The molecule has 0 atom stereocenters. The summed E-state index contributed by atoms with van der Waals surface area (Å²) < 4.78 is 3.27. The molecule has 1 aromatic heterocycles. The minimum absolute atomic E-state index is 0.418. The molecule has 1 heterocycles. The van der Waals surface area contributed by atoms with Crippen molar-refractivity contribution in [1.29, 1.82) is 0 Å². The number of benzene rings is 2. The highest BCUT2D eigenvalue weighted by molar-refractivity contribution is 9.10. The Bertz CT molecular complexity index is 764. The molecule has 0 radical (unpaired) electrons. The summed E-state index contributed by atoms with van der Waals surface area (Å²) in [5, 5.41) is 0. The van der Waals surface area contributed by atoms with Gasteiger partial charge in [-0.15, -0.1) is 11.6 Å². The molecule has 0 aliphatic heterocycles. The number of aryl methyl sites for hydroxylation is 1. The van der Waals surface area contributed by atoms with Crippen LogP contribution in [0, 0.1) is 6.92 Å². The van der Waals surface area contributed by atoms with Gasteiger partial charge in [-0.1, -0.05) is 34.1 Å². The van der Waals surface area contributed by atoms with Gasteiger partial charge in [0.2, 0.25) is 0 Å². The molecule has 0 amide bonds. The second kappa shape index (κ2) is 5.58. The van der Waals surface area contributed by atoms with Crippen LogP contribution < -0.4 is 0 Å². The van der Waals surface area contributed by atoms with Gasteiger partial charge in [0.05, 0.1) is 16.9 Å². The van der Waals surface area contributed by atoms with E-state index in [0.29, 0.717) is 5.88 Å². The lowest BCUT2D eigenvalue weighted by Crippen LogP contribution is -2.03. The van der Waals surface area contributed by atoms with E-state index in [1.54, 1.807) is 0 Å². The number of imidazole rings is 1. The lowest BCUT2D eigenvalue weighted by molar-refractivity contribution is 0.778. The van der Waals surface area contributed by atoms with Gasteiger partial charge in [-0.25, -0.2) is 4.98 Å². The van der Waals surface area contributed by atoms with Crippen LogP contribution in [0.2, 0.25) is 0 Å². The molecule has 3 rings (SSSR count). The summed E-state index contributed by atoms with van der Waals surface area (Å²) in [5.41, 5.74) is 4.58. The largest absolute Gasteiger partial charge is 0.322 e. The Morgan fingerprint density at radius 2 is 2.05 bits per heavy atom. The monoisotopic (exact) mass is 348 g/mol. The predicted molar refractivity (Wildman–Crippen MR) is 87.3 cm³/mol. The summed E-state index contributed by atoms with van der Waals surface area (Å²) >= 11 is 9.56. The molecule has 2 aromatic carbocycles. The van der Waals surface area contributed by atoms with Gasteiger partial charge in [-0.2, -0.15) is 0 Å². The number of rotatable bonds is 3. The van der Waals surface area contributed by atoms with Gasteiger partial charge in [0.15, 0.2) is 0 Å². The number of hydrogen-bond donors (Lipinski definition) is 0. The number of hydrogen-bond acceptors (Lipinski definition) is 1. The molecule has 0 aliphatic rings. The Morgan fingerprint density at radius 1 is 1.20 bits per heavy atom. The molecule has 0 aliphatic carbocycles. The van der Waals surface area contributed by atoms with Gasteiger partial charge in [0.1, 0.15) is 5.82 Å². The highest BCUT2D eigenvalue weighted by Crippen LogP contribution is 2.21. The molecule has 20 heavy (non-hydrogen) atoms. The molecule has 0 fully saturated rings. The Labute approximate surface area is 131 Å². The first-order chi connectivity index (χ1) is 9.67. The molecular weight excluding hydrogens is 336 g/mol. The van der Waals surface area contributed by atoms with Crippen LogP contribution in [0.25, 0.3) is 11.0 Å². The Hall–Kier alpha value is -1.32. The lowest BCUT2D eigenvalue weighted by atomic mass is 10.2. The summed E-state index contributed by atoms with van der Waals surface area (Å²) in [6.45, 7) is 2.86. The van der Waals surface area contributed by atoms with E-state index in [1.807, 2.05) is 12.1 Å². The zero-order valence-electron chi connectivity index (χ0n) is 11.1. The number of alkyl halides is 1. The van der Waals surface area contributed by atoms with Crippen LogP contribution >= 0.6 is 27.5 Å². The van der Waals surface area contributed by atoms with Crippen LogP contribution in [-0.4, -0.2) is 9.55 Å². The summed E-state index contributed by atoms with van der Waals surface area (Å²) in [6.07, 6.45) is 0. The third-order valence-electron chi connectivity index (χ3n) is 3.33. The maximum atomic E-state index is 6.05. The Kier molecular flexibility index (Phi) is 3.81. The van der Waals surface area contributed by atoms with Crippen molar-refractivity contribution in [2.45, 2.75) is 19.3 Å². The van der Waals surface area contributed by atoms with E-state index >= 15 is 0 Å². The summed E-state index contributed by atoms with van der Waals surface area (Å²) in [7, 11) is 0. The first-order valence-electron chi connectivity index (χ1n) is 6.43. The van der Waals surface area contributed by atoms with Crippen LogP contribution in [0.5, 0.6) is 0 Å². The highest BCUT2D eigenvalue weighted by Gasteiger charge is 2.10. The van der Waals surface area contributed by atoms with Crippen LogP contribution in [-0.2, 0) is 12.4 Å². The molecule has 0 spiro atoms. The fourth-order valence-electron chi connectivity index (χ4n) is 2.39. The number of aromatic nitrogens is 2. The molecule has 102 valence electrons. The molecule has 3 aromatic rings. The van der Waals surface area contributed by atoms with Crippen LogP contribution in [0.4, 0.5) is 0 Å². The second-order valence-electron chi connectivity index (χ2n) is 4.87. The van der Waals surface area contributed by atoms with Crippen LogP contribution in [0.15, 0.2) is 46.9 Å². The van der Waals surface area contributed by atoms with Crippen LogP contribution in [0.3, 0.4) is 0 Å². The van der Waals surface area contributed by atoms with Crippen molar-refractivity contribution in [3.63, 3.8) is 0 Å². The molecular formula is C16H14BrClN2. The van der Waals surface area contributed by atoms with E-state index < -0.39 is 0 Å². The summed E-state index contributed by atoms with van der Waals surface area (Å²) in [4.78, 5) is 4.63. The summed E-state index contributed by atoms with van der Waals surface area (Å²) in [5.74, 6) is 1.33. The highest BCUT2D eigenvalue weighted by atomic mass is 79.9. The third kappa shape index (κ3) is 2.60. The Morgan fingerprint density at radius 3 is 2.80 bits per heavy atom. The zero-order valence-corrected chi connectivity index (χ0v) is 13.4. The SMILES string of the molecule is Cc1ccc2c(c1)nc(CCl)n2Cc1cccc(Br)c1. The lowest BCUT2D eigenvalue weighted by Gasteiger charge is -2.08. The van der Waals surface area contributed by atoms with Gasteiger partial charge in [0, 0.05) is 11.0 Å². The molecule has 2 nitrogen and oxygen atoms in total. The average Bonchev–Trinajstić information content (AvgIpc) is 2.76. The van der Waals surface area contributed by atoms with Gasteiger partial charge in [-0.05, 0) is 42.3 Å². The quantitative estimate of drug-likeness (QED) is 0.615.